The van der Waals surface area contributed by atoms with Gasteiger partial charge in [-0.3, -0.25) is 14.6 Å². The summed E-state index contributed by atoms with van der Waals surface area (Å²) < 4.78 is 0. The number of likely N-dealkylation sites (tertiary alicyclic amines) is 1. The first-order valence-electron chi connectivity index (χ1n) is 7.53. The lowest BCUT2D eigenvalue weighted by atomic mass is 10.1. The van der Waals surface area contributed by atoms with Gasteiger partial charge in [0.2, 0.25) is 5.91 Å². The van der Waals surface area contributed by atoms with E-state index in [1.807, 2.05) is 0 Å². The van der Waals surface area contributed by atoms with Crippen LogP contribution in [-0.4, -0.2) is 34.3 Å². The molecule has 7 heteroatoms. The van der Waals surface area contributed by atoms with Gasteiger partial charge in [0.1, 0.15) is 6.04 Å². The lowest BCUT2D eigenvalue weighted by Crippen LogP contribution is -2.43. The molecule has 1 aromatic carbocycles. The normalized spacial score (nSPS) is 16.9. The maximum atomic E-state index is 12.6. The van der Waals surface area contributed by atoms with Crippen molar-refractivity contribution >= 4 is 40.7 Å². The van der Waals surface area contributed by atoms with E-state index < -0.39 is 6.04 Å². The van der Waals surface area contributed by atoms with E-state index in [2.05, 4.69) is 10.3 Å². The molecule has 1 aliphatic rings. The van der Waals surface area contributed by atoms with Gasteiger partial charge in [-0.1, -0.05) is 23.2 Å². The molecule has 1 N–H and O–H groups in total. The Bertz CT molecular complexity index is 768. The number of pyridine rings is 1. The molecule has 0 spiro atoms. The molecule has 5 nitrogen and oxygen atoms in total. The van der Waals surface area contributed by atoms with Gasteiger partial charge >= 0.3 is 0 Å². The number of carbonyl (C=O) groups excluding carboxylic acids is 2. The van der Waals surface area contributed by atoms with Crippen molar-refractivity contribution in [2.75, 3.05) is 11.9 Å². The molecule has 0 unspecified atom stereocenters. The van der Waals surface area contributed by atoms with Crippen molar-refractivity contribution in [2.45, 2.75) is 18.9 Å². The zero-order valence-electron chi connectivity index (χ0n) is 12.7. The summed E-state index contributed by atoms with van der Waals surface area (Å²) in [5, 5.41) is 3.63. The van der Waals surface area contributed by atoms with Crippen molar-refractivity contribution in [3.63, 3.8) is 0 Å². The van der Waals surface area contributed by atoms with Gasteiger partial charge in [-0.15, -0.1) is 0 Å². The summed E-state index contributed by atoms with van der Waals surface area (Å²) >= 11 is 11.9. The Labute approximate surface area is 149 Å². The molecule has 1 aromatic heterocycles. The molecule has 0 aliphatic carbocycles. The molecule has 3 rings (SSSR count). The number of nitrogens with zero attached hydrogens (tertiary/aromatic N) is 2. The predicted octanol–water partition coefficient (Wildman–Crippen LogP) is 3.63. The summed E-state index contributed by atoms with van der Waals surface area (Å²) in [5.41, 5.74) is 0.952. The van der Waals surface area contributed by atoms with Crippen LogP contribution in [0.2, 0.25) is 10.0 Å². The molecule has 124 valence electrons. The number of hydrogen-bond acceptors (Lipinski definition) is 3. The van der Waals surface area contributed by atoms with Crippen LogP contribution in [0.5, 0.6) is 0 Å². The summed E-state index contributed by atoms with van der Waals surface area (Å²) in [6.45, 7) is 0.542. The van der Waals surface area contributed by atoms with Crippen LogP contribution < -0.4 is 5.32 Å². The first-order chi connectivity index (χ1) is 11.6. The van der Waals surface area contributed by atoms with E-state index in [9.17, 15) is 9.59 Å². The smallest absolute Gasteiger partial charge is 0.256 e. The Kier molecular flexibility index (Phi) is 5.02. The lowest BCUT2D eigenvalue weighted by Gasteiger charge is -2.24. The zero-order chi connectivity index (χ0) is 17.1. The fourth-order valence-electron chi connectivity index (χ4n) is 2.74. The van der Waals surface area contributed by atoms with Crippen molar-refractivity contribution in [1.29, 1.82) is 0 Å². The van der Waals surface area contributed by atoms with Crippen molar-refractivity contribution in [1.82, 2.24) is 9.88 Å². The van der Waals surface area contributed by atoms with Crippen LogP contribution in [-0.2, 0) is 4.79 Å². The van der Waals surface area contributed by atoms with Crippen LogP contribution in [0.4, 0.5) is 5.69 Å². The largest absolute Gasteiger partial charge is 0.327 e. The van der Waals surface area contributed by atoms with E-state index in [4.69, 9.17) is 23.2 Å². The zero-order valence-corrected chi connectivity index (χ0v) is 14.2. The van der Waals surface area contributed by atoms with Gasteiger partial charge in [0.25, 0.3) is 5.91 Å². The third-order valence-corrected chi connectivity index (χ3v) is 4.46. The topological polar surface area (TPSA) is 62.3 Å². The number of halogens is 2. The highest BCUT2D eigenvalue weighted by molar-refractivity contribution is 6.36. The third-order valence-electron chi connectivity index (χ3n) is 3.91. The first kappa shape index (κ1) is 16.7. The minimum Gasteiger partial charge on any atom is -0.327 e. The van der Waals surface area contributed by atoms with Gasteiger partial charge in [0.05, 0.1) is 16.3 Å². The molecular formula is C17H15Cl2N3O2. The van der Waals surface area contributed by atoms with E-state index in [-0.39, 0.29) is 11.8 Å². The third kappa shape index (κ3) is 3.52. The molecule has 0 bridgehead atoms. The Hall–Kier alpha value is -2.11. The van der Waals surface area contributed by atoms with Crippen LogP contribution in [0.3, 0.4) is 0 Å². The maximum Gasteiger partial charge on any atom is 0.256 e. The second kappa shape index (κ2) is 7.20. The summed E-state index contributed by atoms with van der Waals surface area (Å²) in [4.78, 5) is 30.7. The standard InChI is InChI=1S/C17H15Cl2N3O2/c18-12-5-6-14(13(19)9-12)21-16(23)15-4-2-8-22(15)17(24)11-3-1-7-20-10-11/h1,3,5-7,9-10,15H,2,4,8H2,(H,21,23)/t15-/m1/s1. The highest BCUT2D eigenvalue weighted by Crippen LogP contribution is 2.27. The maximum absolute atomic E-state index is 12.6. The second-order valence-electron chi connectivity index (χ2n) is 5.51. The van der Waals surface area contributed by atoms with Crippen LogP contribution in [0.15, 0.2) is 42.7 Å². The molecule has 0 radical (unpaired) electrons. The lowest BCUT2D eigenvalue weighted by molar-refractivity contribution is -0.119. The van der Waals surface area contributed by atoms with Crippen molar-refractivity contribution in [3.05, 3.63) is 58.3 Å². The number of rotatable bonds is 3. The van der Waals surface area contributed by atoms with Gasteiger partial charge in [0, 0.05) is 24.0 Å². The average molecular weight is 364 g/mol. The quantitative estimate of drug-likeness (QED) is 0.905. The molecule has 1 aliphatic heterocycles. The van der Waals surface area contributed by atoms with E-state index in [1.165, 1.54) is 6.20 Å². The molecule has 2 amide bonds. The number of nitrogens with one attached hydrogen (secondary N) is 1. The number of amides is 2. The summed E-state index contributed by atoms with van der Waals surface area (Å²) in [5.74, 6) is -0.447. The van der Waals surface area contributed by atoms with E-state index in [0.717, 1.165) is 6.42 Å². The molecule has 1 saturated heterocycles. The fraction of sp³-hybridized carbons (Fsp3) is 0.235. The van der Waals surface area contributed by atoms with E-state index in [0.29, 0.717) is 34.3 Å². The number of anilines is 1. The Morgan fingerprint density at radius 1 is 1.25 bits per heavy atom. The molecule has 24 heavy (non-hydrogen) atoms. The minimum atomic E-state index is -0.524. The second-order valence-corrected chi connectivity index (χ2v) is 6.36. The van der Waals surface area contributed by atoms with Gasteiger partial charge in [-0.2, -0.15) is 0 Å². The highest BCUT2D eigenvalue weighted by atomic mass is 35.5. The Morgan fingerprint density at radius 2 is 2.08 bits per heavy atom. The summed E-state index contributed by atoms with van der Waals surface area (Å²) in [6.07, 6.45) is 4.50. The first-order valence-corrected chi connectivity index (χ1v) is 8.29. The number of benzene rings is 1. The SMILES string of the molecule is O=C(Nc1ccc(Cl)cc1Cl)[C@H]1CCCN1C(=O)c1cccnc1. The van der Waals surface area contributed by atoms with Crippen molar-refractivity contribution in [3.8, 4) is 0 Å². The van der Waals surface area contributed by atoms with Gasteiger partial charge in [-0.05, 0) is 43.2 Å². The Balaban J connectivity index is 1.75. The predicted molar refractivity (Wildman–Crippen MR) is 93.4 cm³/mol. The summed E-state index contributed by atoms with van der Waals surface area (Å²) in [6, 6.07) is 7.72. The van der Waals surface area contributed by atoms with Crippen molar-refractivity contribution < 1.29 is 9.59 Å². The van der Waals surface area contributed by atoms with Crippen LogP contribution in [0, 0.1) is 0 Å². The molecular weight excluding hydrogens is 349 g/mol. The average Bonchev–Trinajstić information content (AvgIpc) is 3.07. The summed E-state index contributed by atoms with van der Waals surface area (Å²) in [7, 11) is 0. The number of carbonyl (C=O) groups is 2. The van der Waals surface area contributed by atoms with Crippen molar-refractivity contribution in [2.24, 2.45) is 0 Å². The van der Waals surface area contributed by atoms with Gasteiger partial charge < -0.3 is 10.2 Å². The minimum absolute atomic E-state index is 0.192. The highest BCUT2D eigenvalue weighted by Gasteiger charge is 2.34. The number of hydrogen-bond donors (Lipinski definition) is 1. The monoisotopic (exact) mass is 363 g/mol. The van der Waals surface area contributed by atoms with Gasteiger partial charge in [-0.25, -0.2) is 0 Å². The fourth-order valence-corrected chi connectivity index (χ4v) is 3.20. The molecule has 1 fully saturated rings. The number of aromatic nitrogens is 1. The van der Waals surface area contributed by atoms with Crippen LogP contribution >= 0.6 is 23.2 Å². The van der Waals surface area contributed by atoms with E-state index in [1.54, 1.807) is 41.4 Å². The molecule has 2 heterocycles. The Morgan fingerprint density at radius 3 is 2.79 bits per heavy atom. The van der Waals surface area contributed by atoms with Gasteiger partial charge in [0.15, 0.2) is 0 Å². The van der Waals surface area contributed by atoms with Crippen LogP contribution in [0.25, 0.3) is 0 Å². The van der Waals surface area contributed by atoms with Crippen LogP contribution in [0.1, 0.15) is 23.2 Å². The van der Waals surface area contributed by atoms with E-state index >= 15 is 0 Å². The molecule has 1 atom stereocenters. The molecule has 2 aromatic rings. The molecule has 0 saturated carbocycles.